The Hall–Kier alpha value is -2.72. The Morgan fingerprint density at radius 3 is 2.52 bits per heavy atom. The molecule has 1 N–H and O–H groups in total. The highest BCUT2D eigenvalue weighted by atomic mass is 32.2. The molecule has 1 aromatic heterocycles. The lowest BCUT2D eigenvalue weighted by Crippen LogP contribution is -2.36. The minimum atomic E-state index is -3.65. The summed E-state index contributed by atoms with van der Waals surface area (Å²) in [5.41, 5.74) is 0.840. The molecule has 0 atom stereocenters. The van der Waals surface area contributed by atoms with Crippen LogP contribution in [0.4, 0.5) is 11.6 Å². The van der Waals surface area contributed by atoms with Crippen molar-refractivity contribution in [2.75, 3.05) is 18.4 Å². The first-order valence-corrected chi connectivity index (χ1v) is 9.89. The third-order valence-corrected chi connectivity index (χ3v) is 6.42. The van der Waals surface area contributed by atoms with Gasteiger partial charge in [-0.1, -0.05) is 12.5 Å². The quantitative estimate of drug-likeness (QED) is 0.615. The summed E-state index contributed by atoms with van der Waals surface area (Å²) in [4.78, 5) is 22.2. The van der Waals surface area contributed by atoms with Crippen LogP contribution in [0.25, 0.3) is 0 Å². The van der Waals surface area contributed by atoms with Gasteiger partial charge in [0.2, 0.25) is 10.0 Å². The van der Waals surface area contributed by atoms with Crippen LogP contribution in [-0.2, 0) is 10.0 Å². The van der Waals surface area contributed by atoms with Crippen LogP contribution in [0.1, 0.15) is 35.4 Å². The molecule has 0 saturated carbocycles. The number of carbonyl (C=O) groups excluding carboxylic acids is 1. The van der Waals surface area contributed by atoms with Gasteiger partial charge < -0.3 is 9.73 Å². The number of nitrogens with zero attached hydrogens (tertiary/aromatic N) is 2. The van der Waals surface area contributed by atoms with Gasteiger partial charge in [-0.05, 0) is 43.5 Å². The first-order chi connectivity index (χ1) is 12.8. The van der Waals surface area contributed by atoms with Crippen LogP contribution >= 0.6 is 0 Å². The summed E-state index contributed by atoms with van der Waals surface area (Å²) in [6, 6.07) is 6.84. The van der Waals surface area contributed by atoms with Gasteiger partial charge in [0, 0.05) is 18.8 Å². The van der Waals surface area contributed by atoms with E-state index in [0.29, 0.717) is 18.7 Å². The van der Waals surface area contributed by atoms with E-state index in [4.69, 9.17) is 4.42 Å². The number of piperidine rings is 1. The molecule has 27 heavy (non-hydrogen) atoms. The van der Waals surface area contributed by atoms with Crippen LogP contribution in [0.15, 0.2) is 39.6 Å². The minimum absolute atomic E-state index is 0.132. The monoisotopic (exact) mass is 393 g/mol. The van der Waals surface area contributed by atoms with Gasteiger partial charge >= 0.3 is 5.88 Å². The van der Waals surface area contributed by atoms with Crippen molar-refractivity contribution < 1.29 is 22.6 Å². The summed E-state index contributed by atoms with van der Waals surface area (Å²) in [6.45, 7) is 2.65. The van der Waals surface area contributed by atoms with Gasteiger partial charge in [-0.25, -0.2) is 8.42 Å². The number of hydrogen-bond acceptors (Lipinski definition) is 6. The Balaban J connectivity index is 1.84. The zero-order valence-electron chi connectivity index (χ0n) is 14.7. The average Bonchev–Trinajstić information content (AvgIpc) is 3.14. The molecule has 2 aromatic rings. The van der Waals surface area contributed by atoms with Crippen molar-refractivity contribution in [1.29, 1.82) is 0 Å². The number of benzene rings is 1. The smallest absolute Gasteiger partial charge is 0.395 e. The maximum Gasteiger partial charge on any atom is 0.433 e. The van der Waals surface area contributed by atoms with E-state index in [0.717, 1.165) is 25.3 Å². The van der Waals surface area contributed by atoms with Crippen molar-refractivity contribution in [1.82, 2.24) is 4.31 Å². The summed E-state index contributed by atoms with van der Waals surface area (Å²) < 4.78 is 32.1. The first-order valence-electron chi connectivity index (χ1n) is 8.45. The van der Waals surface area contributed by atoms with E-state index in [9.17, 15) is 23.3 Å². The van der Waals surface area contributed by atoms with Crippen LogP contribution in [0.2, 0.25) is 0 Å². The van der Waals surface area contributed by atoms with Crippen molar-refractivity contribution in [3.63, 3.8) is 0 Å². The van der Waals surface area contributed by atoms with E-state index >= 15 is 0 Å². The molecule has 0 unspecified atom stereocenters. The maximum absolute atomic E-state index is 12.9. The predicted molar refractivity (Wildman–Crippen MR) is 97.1 cm³/mol. The van der Waals surface area contributed by atoms with Gasteiger partial charge in [0.25, 0.3) is 5.91 Å². The Bertz CT molecular complexity index is 976. The van der Waals surface area contributed by atoms with Crippen LogP contribution in [0.5, 0.6) is 0 Å². The summed E-state index contributed by atoms with van der Waals surface area (Å²) >= 11 is 0. The maximum atomic E-state index is 12.9. The van der Waals surface area contributed by atoms with Gasteiger partial charge in [-0.15, -0.1) is 0 Å². The highest BCUT2D eigenvalue weighted by molar-refractivity contribution is 7.89. The number of amides is 1. The molecule has 1 amide bonds. The van der Waals surface area contributed by atoms with Crippen molar-refractivity contribution in [2.24, 2.45) is 0 Å². The number of nitrogens with one attached hydrogen (secondary N) is 1. The van der Waals surface area contributed by atoms with Crippen molar-refractivity contribution in [3.8, 4) is 0 Å². The second-order valence-electron chi connectivity index (χ2n) is 6.29. The average molecular weight is 393 g/mol. The highest BCUT2D eigenvalue weighted by Crippen LogP contribution is 2.26. The summed E-state index contributed by atoms with van der Waals surface area (Å²) in [7, 11) is -3.65. The van der Waals surface area contributed by atoms with Crippen molar-refractivity contribution >= 4 is 27.5 Å². The lowest BCUT2D eigenvalue weighted by Gasteiger charge is -2.26. The molecule has 0 aliphatic carbocycles. The zero-order valence-corrected chi connectivity index (χ0v) is 15.5. The number of carbonyl (C=O) groups is 1. The molecule has 9 nitrogen and oxygen atoms in total. The summed E-state index contributed by atoms with van der Waals surface area (Å²) in [5.74, 6) is -1.48. The molecule has 1 saturated heterocycles. The number of rotatable bonds is 5. The predicted octanol–water partition coefficient (Wildman–Crippen LogP) is 2.92. The number of furan rings is 1. The second kappa shape index (κ2) is 7.49. The largest absolute Gasteiger partial charge is 0.433 e. The Morgan fingerprint density at radius 2 is 1.89 bits per heavy atom. The molecule has 144 valence electrons. The fraction of sp³-hybridized carbons (Fsp3) is 0.353. The van der Waals surface area contributed by atoms with Crippen LogP contribution < -0.4 is 5.32 Å². The molecular formula is C17H19N3O6S. The van der Waals surface area contributed by atoms with Gasteiger partial charge in [0.05, 0.1) is 11.0 Å². The number of hydrogen-bond donors (Lipinski definition) is 1. The normalized spacial score (nSPS) is 15.4. The van der Waals surface area contributed by atoms with E-state index in [2.05, 4.69) is 5.32 Å². The summed E-state index contributed by atoms with van der Waals surface area (Å²) in [6.07, 6.45) is 2.66. The van der Waals surface area contributed by atoms with Crippen LogP contribution in [-0.4, -0.2) is 36.6 Å². The Kier molecular flexibility index (Phi) is 5.29. The van der Waals surface area contributed by atoms with E-state index in [-0.39, 0.29) is 16.3 Å². The zero-order chi connectivity index (χ0) is 19.6. The Labute approximate surface area is 156 Å². The molecule has 0 radical (unpaired) electrons. The molecule has 3 rings (SSSR count). The fourth-order valence-electron chi connectivity index (χ4n) is 2.94. The molecule has 0 bridgehead atoms. The Morgan fingerprint density at radius 1 is 1.19 bits per heavy atom. The van der Waals surface area contributed by atoms with E-state index in [1.165, 1.54) is 16.4 Å². The van der Waals surface area contributed by atoms with E-state index in [1.54, 1.807) is 19.1 Å². The van der Waals surface area contributed by atoms with E-state index < -0.39 is 26.7 Å². The lowest BCUT2D eigenvalue weighted by atomic mass is 10.2. The molecule has 1 aromatic carbocycles. The molecule has 1 aliphatic heterocycles. The molecule has 10 heteroatoms. The number of sulfonamides is 1. The standard InChI is InChI=1S/C17H19N3O6S/c1-12-5-6-13(18-17(21)14-7-8-16(26-14)20(22)23)11-15(12)27(24,25)19-9-3-2-4-10-19/h5-8,11H,2-4,9-10H2,1H3,(H,18,21). The number of nitro groups is 1. The molecular weight excluding hydrogens is 374 g/mol. The summed E-state index contributed by atoms with van der Waals surface area (Å²) in [5, 5.41) is 13.2. The minimum Gasteiger partial charge on any atom is -0.395 e. The molecule has 0 spiro atoms. The third-order valence-electron chi connectivity index (χ3n) is 4.37. The van der Waals surface area contributed by atoms with Gasteiger partial charge in [0.1, 0.15) is 4.92 Å². The highest BCUT2D eigenvalue weighted by Gasteiger charge is 2.28. The van der Waals surface area contributed by atoms with Crippen LogP contribution in [0.3, 0.4) is 0 Å². The molecule has 2 heterocycles. The second-order valence-corrected chi connectivity index (χ2v) is 8.20. The number of anilines is 1. The first kappa shape index (κ1) is 19.1. The van der Waals surface area contributed by atoms with Gasteiger partial charge in [-0.2, -0.15) is 4.31 Å². The topological polar surface area (TPSA) is 123 Å². The van der Waals surface area contributed by atoms with Crippen molar-refractivity contribution in [3.05, 3.63) is 51.8 Å². The molecule has 1 fully saturated rings. The lowest BCUT2D eigenvalue weighted by molar-refractivity contribution is -0.402. The van der Waals surface area contributed by atoms with Crippen LogP contribution in [0, 0.1) is 17.0 Å². The fourth-order valence-corrected chi connectivity index (χ4v) is 4.71. The van der Waals surface area contributed by atoms with Gasteiger partial charge in [0.15, 0.2) is 5.76 Å². The number of aryl methyl sites for hydroxylation is 1. The van der Waals surface area contributed by atoms with E-state index in [1.807, 2.05) is 0 Å². The van der Waals surface area contributed by atoms with Gasteiger partial charge in [-0.3, -0.25) is 14.9 Å². The third kappa shape index (κ3) is 4.01. The molecule has 1 aliphatic rings. The van der Waals surface area contributed by atoms with Crippen molar-refractivity contribution in [2.45, 2.75) is 31.1 Å². The SMILES string of the molecule is Cc1ccc(NC(=O)c2ccc([N+](=O)[O-])o2)cc1S(=O)(=O)N1CCCCC1.